The normalized spacial score (nSPS) is 10.9. The summed E-state index contributed by atoms with van der Waals surface area (Å²) in [6.45, 7) is 1.87. The van der Waals surface area contributed by atoms with Gasteiger partial charge in [-0.1, -0.05) is 24.3 Å². The molecule has 0 spiro atoms. The first kappa shape index (κ1) is 9.84. The Bertz CT molecular complexity index is 689. The van der Waals surface area contributed by atoms with E-state index in [0.29, 0.717) is 11.0 Å². The van der Waals surface area contributed by atoms with Gasteiger partial charge in [-0.2, -0.15) is 0 Å². The van der Waals surface area contributed by atoms with Gasteiger partial charge in [0.1, 0.15) is 16.8 Å². The van der Waals surface area contributed by atoms with Crippen molar-refractivity contribution in [3.05, 3.63) is 42.0 Å². The molecule has 0 fully saturated rings. The Kier molecular flexibility index (Phi) is 2.08. The zero-order chi connectivity index (χ0) is 11.8. The van der Waals surface area contributed by atoms with Crippen molar-refractivity contribution < 1.29 is 9.74 Å². The Hall–Kier alpha value is -2.36. The maximum atomic E-state index is 9.72. The van der Waals surface area contributed by atoms with E-state index in [9.17, 15) is 5.11 Å². The van der Waals surface area contributed by atoms with E-state index in [1.165, 1.54) is 0 Å². The number of rotatable bonds is 1. The van der Waals surface area contributed by atoms with Gasteiger partial charge in [0.05, 0.1) is 0 Å². The third-order valence-corrected chi connectivity index (χ3v) is 2.88. The number of phenolic OH excluding ortho intramolecular Hbond substituents is 1. The molecule has 1 N–H and O–H groups in total. The molecule has 1 heterocycles. The molecule has 4 heteroatoms. The largest absolute Gasteiger partial charge is 0.508 e. The molecule has 3 rings (SSSR count). The highest BCUT2D eigenvalue weighted by Gasteiger charge is 2.11. The van der Waals surface area contributed by atoms with Crippen molar-refractivity contribution in [2.75, 3.05) is 0 Å². The molecule has 0 bridgehead atoms. The van der Waals surface area contributed by atoms with E-state index < -0.39 is 0 Å². The molecule has 0 aliphatic heterocycles. The number of aromatic nitrogens is 2. The maximum Gasteiger partial charge on any atom is 0.143 e. The van der Waals surface area contributed by atoms with Gasteiger partial charge in [0.15, 0.2) is 0 Å². The summed E-state index contributed by atoms with van der Waals surface area (Å²) in [6, 6.07) is 11.1. The Morgan fingerprint density at radius 2 is 1.76 bits per heavy atom. The van der Waals surface area contributed by atoms with Crippen molar-refractivity contribution >= 4 is 11.0 Å². The Morgan fingerprint density at radius 3 is 2.65 bits per heavy atom. The average Bonchev–Trinajstić information content (AvgIpc) is 2.81. The molecule has 0 saturated heterocycles. The summed E-state index contributed by atoms with van der Waals surface area (Å²) in [5.74, 6) is 0.274. The Morgan fingerprint density at radius 1 is 1.00 bits per heavy atom. The third kappa shape index (κ3) is 1.45. The van der Waals surface area contributed by atoms with Crippen LogP contribution in [0.5, 0.6) is 5.75 Å². The summed E-state index contributed by atoms with van der Waals surface area (Å²) in [5, 5.41) is 17.4. The van der Waals surface area contributed by atoms with Crippen molar-refractivity contribution in [2.45, 2.75) is 6.92 Å². The van der Waals surface area contributed by atoms with Crippen molar-refractivity contribution in [1.29, 1.82) is 0 Å². The topological polar surface area (TPSA) is 59.2 Å². The Balaban J connectivity index is 2.34. The van der Waals surface area contributed by atoms with Crippen LogP contribution in [0, 0.1) is 6.92 Å². The van der Waals surface area contributed by atoms with Gasteiger partial charge in [-0.3, -0.25) is 0 Å². The van der Waals surface area contributed by atoms with Crippen molar-refractivity contribution in [3.63, 3.8) is 0 Å². The predicted molar refractivity (Wildman–Crippen MR) is 63.6 cm³/mol. The molecule has 1 aromatic heterocycles. The first-order valence-electron chi connectivity index (χ1n) is 5.27. The quantitative estimate of drug-likeness (QED) is 0.693. The molecule has 0 saturated carbocycles. The van der Waals surface area contributed by atoms with Crippen molar-refractivity contribution in [2.24, 2.45) is 0 Å². The van der Waals surface area contributed by atoms with E-state index in [2.05, 4.69) is 10.3 Å². The highest BCUT2D eigenvalue weighted by Crippen LogP contribution is 2.32. The van der Waals surface area contributed by atoms with Crippen LogP contribution in [0.3, 0.4) is 0 Å². The monoisotopic (exact) mass is 226 g/mol. The summed E-state index contributed by atoms with van der Waals surface area (Å²) in [4.78, 5) is 0. The van der Waals surface area contributed by atoms with Crippen LogP contribution in [0.25, 0.3) is 22.2 Å². The van der Waals surface area contributed by atoms with Gasteiger partial charge in [-0.15, -0.1) is 0 Å². The molecule has 84 valence electrons. The summed E-state index contributed by atoms with van der Waals surface area (Å²) in [5.41, 5.74) is 4.10. The van der Waals surface area contributed by atoms with Gasteiger partial charge in [0.2, 0.25) is 0 Å². The van der Waals surface area contributed by atoms with Crippen LogP contribution in [0.4, 0.5) is 0 Å². The second-order valence-corrected chi connectivity index (χ2v) is 3.89. The number of hydrogen-bond donors (Lipinski definition) is 1. The van der Waals surface area contributed by atoms with Gasteiger partial charge in [-0.05, 0) is 40.5 Å². The van der Waals surface area contributed by atoms with Gasteiger partial charge in [0.25, 0.3) is 0 Å². The predicted octanol–water partition coefficient (Wildman–Crippen LogP) is 2.90. The van der Waals surface area contributed by atoms with Gasteiger partial charge in [0, 0.05) is 5.56 Å². The van der Waals surface area contributed by atoms with Crippen LogP contribution in [0.15, 0.2) is 41.0 Å². The number of aromatic hydroxyl groups is 1. The number of fused-ring (bicyclic) bond motifs is 1. The number of nitrogens with zero attached hydrogens (tertiary/aromatic N) is 2. The second-order valence-electron chi connectivity index (χ2n) is 3.89. The molecule has 0 radical (unpaired) electrons. The SMILES string of the molecule is Cc1c(O)cccc1-c1cccc2nonc12. The van der Waals surface area contributed by atoms with E-state index >= 15 is 0 Å². The zero-order valence-corrected chi connectivity index (χ0v) is 9.21. The zero-order valence-electron chi connectivity index (χ0n) is 9.21. The van der Waals surface area contributed by atoms with Gasteiger partial charge >= 0.3 is 0 Å². The molecule has 0 unspecified atom stereocenters. The second kappa shape index (κ2) is 3.59. The number of hydrogen-bond acceptors (Lipinski definition) is 4. The van der Waals surface area contributed by atoms with Crippen LogP contribution in [0.1, 0.15) is 5.56 Å². The summed E-state index contributed by atoms with van der Waals surface area (Å²) >= 11 is 0. The van der Waals surface area contributed by atoms with E-state index in [1.807, 2.05) is 37.3 Å². The maximum absolute atomic E-state index is 9.72. The van der Waals surface area contributed by atoms with Gasteiger partial charge < -0.3 is 5.11 Å². The lowest BCUT2D eigenvalue weighted by molar-refractivity contribution is 0.315. The summed E-state index contributed by atoms with van der Waals surface area (Å²) in [6.07, 6.45) is 0. The molecule has 4 nitrogen and oxygen atoms in total. The highest BCUT2D eigenvalue weighted by molar-refractivity contribution is 5.92. The molecule has 2 aromatic carbocycles. The van der Waals surface area contributed by atoms with Crippen LogP contribution < -0.4 is 0 Å². The molecular formula is C13H10N2O2. The molecule has 0 atom stereocenters. The summed E-state index contributed by atoms with van der Waals surface area (Å²) < 4.78 is 4.73. The van der Waals surface area contributed by atoms with Crippen LogP contribution >= 0.6 is 0 Å². The minimum absolute atomic E-state index is 0.274. The first-order valence-corrected chi connectivity index (χ1v) is 5.27. The summed E-state index contributed by atoms with van der Waals surface area (Å²) in [7, 11) is 0. The molecular weight excluding hydrogens is 216 g/mol. The van der Waals surface area contributed by atoms with Gasteiger partial charge in [-0.25, -0.2) is 4.63 Å². The molecule has 3 aromatic rings. The first-order chi connectivity index (χ1) is 8.27. The highest BCUT2D eigenvalue weighted by atomic mass is 16.6. The third-order valence-electron chi connectivity index (χ3n) is 2.88. The molecule has 0 aliphatic rings. The fourth-order valence-electron chi connectivity index (χ4n) is 1.94. The lowest BCUT2D eigenvalue weighted by atomic mass is 9.99. The minimum Gasteiger partial charge on any atom is -0.508 e. The van der Waals surface area contributed by atoms with Crippen LogP contribution in [-0.2, 0) is 0 Å². The number of benzene rings is 2. The molecule has 0 amide bonds. The smallest absolute Gasteiger partial charge is 0.143 e. The van der Waals surface area contributed by atoms with Crippen molar-refractivity contribution in [3.8, 4) is 16.9 Å². The minimum atomic E-state index is 0.274. The van der Waals surface area contributed by atoms with Crippen LogP contribution in [-0.4, -0.2) is 15.4 Å². The lowest BCUT2D eigenvalue weighted by Gasteiger charge is -2.07. The van der Waals surface area contributed by atoms with E-state index in [-0.39, 0.29) is 5.75 Å². The lowest BCUT2D eigenvalue weighted by Crippen LogP contribution is -1.85. The standard InChI is InChI=1S/C13H10N2O2/c1-8-9(4-3-7-12(8)16)10-5-2-6-11-13(10)15-17-14-11/h2-7,16H,1H3. The average molecular weight is 226 g/mol. The van der Waals surface area contributed by atoms with E-state index in [4.69, 9.17) is 4.63 Å². The van der Waals surface area contributed by atoms with E-state index in [1.54, 1.807) is 6.07 Å². The molecule has 17 heavy (non-hydrogen) atoms. The Labute approximate surface area is 97.5 Å². The van der Waals surface area contributed by atoms with Crippen molar-refractivity contribution in [1.82, 2.24) is 10.3 Å². The number of phenols is 1. The fourth-order valence-corrected chi connectivity index (χ4v) is 1.94. The van der Waals surface area contributed by atoms with E-state index in [0.717, 1.165) is 16.7 Å². The van der Waals surface area contributed by atoms with Crippen LogP contribution in [0.2, 0.25) is 0 Å². The fraction of sp³-hybridized carbons (Fsp3) is 0.0769. The molecule has 0 aliphatic carbocycles.